The molecule has 0 atom stereocenters. The van der Waals surface area contributed by atoms with Crippen molar-refractivity contribution in [2.45, 2.75) is 19.8 Å². The van der Waals surface area contributed by atoms with E-state index < -0.39 is 0 Å². The number of rotatable bonds is 1. The van der Waals surface area contributed by atoms with Crippen molar-refractivity contribution in [3.8, 4) is 6.07 Å². The molecule has 1 heterocycles. The molecule has 0 aliphatic heterocycles. The molecule has 0 aromatic carbocycles. The zero-order valence-corrected chi connectivity index (χ0v) is 8.59. The third-order valence-electron chi connectivity index (χ3n) is 1.52. The van der Waals surface area contributed by atoms with Gasteiger partial charge >= 0.3 is 0 Å². The highest BCUT2D eigenvalue weighted by molar-refractivity contribution is 9.10. The molecule has 2 nitrogen and oxygen atoms in total. The van der Waals surface area contributed by atoms with Crippen LogP contribution in [0.1, 0.15) is 31.2 Å². The van der Waals surface area contributed by atoms with Crippen molar-refractivity contribution in [1.29, 1.82) is 5.26 Å². The lowest BCUT2D eigenvalue weighted by molar-refractivity contribution is 0.818. The first kappa shape index (κ1) is 9.21. The van der Waals surface area contributed by atoms with E-state index in [0.717, 1.165) is 10.2 Å². The van der Waals surface area contributed by atoms with E-state index in [0.29, 0.717) is 11.6 Å². The first-order valence-corrected chi connectivity index (χ1v) is 4.50. The lowest BCUT2D eigenvalue weighted by atomic mass is 10.1. The van der Waals surface area contributed by atoms with Crippen molar-refractivity contribution in [2.24, 2.45) is 0 Å². The highest BCUT2D eigenvalue weighted by Crippen LogP contribution is 2.18. The molecule has 0 aliphatic carbocycles. The Morgan fingerprint density at radius 1 is 1.50 bits per heavy atom. The molecule has 0 saturated heterocycles. The Morgan fingerprint density at radius 2 is 2.17 bits per heavy atom. The zero-order chi connectivity index (χ0) is 9.14. The summed E-state index contributed by atoms with van der Waals surface area (Å²) in [5.74, 6) is 0.356. The van der Waals surface area contributed by atoms with Gasteiger partial charge in [-0.25, -0.2) is 4.98 Å². The van der Waals surface area contributed by atoms with Crippen LogP contribution in [0.5, 0.6) is 0 Å². The molecule has 1 aromatic heterocycles. The summed E-state index contributed by atoms with van der Waals surface area (Å²) >= 11 is 3.33. The predicted octanol–water partition coefficient (Wildman–Crippen LogP) is 2.84. The van der Waals surface area contributed by atoms with Crippen molar-refractivity contribution in [2.75, 3.05) is 0 Å². The smallest absolute Gasteiger partial charge is 0.141 e. The van der Waals surface area contributed by atoms with E-state index in [1.807, 2.05) is 12.1 Å². The van der Waals surface area contributed by atoms with Crippen LogP contribution in [0.3, 0.4) is 0 Å². The van der Waals surface area contributed by atoms with Gasteiger partial charge in [-0.3, -0.25) is 0 Å². The maximum atomic E-state index is 8.63. The standard InChI is InChI=1S/C9H9BrN2/c1-6(2)9-4-7(10)3-8(5-11)12-9/h3-4,6H,1-2H3. The number of aromatic nitrogens is 1. The Bertz CT molecular complexity index is 326. The average molecular weight is 225 g/mol. The van der Waals surface area contributed by atoms with E-state index in [4.69, 9.17) is 5.26 Å². The van der Waals surface area contributed by atoms with E-state index in [-0.39, 0.29) is 0 Å². The molecule has 0 spiro atoms. The van der Waals surface area contributed by atoms with Crippen LogP contribution in [-0.2, 0) is 0 Å². The van der Waals surface area contributed by atoms with Crippen LogP contribution in [0.15, 0.2) is 16.6 Å². The summed E-state index contributed by atoms with van der Waals surface area (Å²) in [7, 11) is 0. The minimum Gasteiger partial charge on any atom is -0.242 e. The molecule has 0 fully saturated rings. The van der Waals surface area contributed by atoms with Crippen molar-refractivity contribution in [3.63, 3.8) is 0 Å². The minimum absolute atomic E-state index is 0.356. The largest absolute Gasteiger partial charge is 0.242 e. The number of hydrogen-bond donors (Lipinski definition) is 0. The summed E-state index contributed by atoms with van der Waals surface area (Å²) in [6, 6.07) is 5.67. The maximum absolute atomic E-state index is 8.63. The highest BCUT2D eigenvalue weighted by Gasteiger charge is 2.03. The van der Waals surface area contributed by atoms with Crippen LogP contribution in [0, 0.1) is 11.3 Å². The molecular formula is C9H9BrN2. The van der Waals surface area contributed by atoms with Crippen molar-refractivity contribution >= 4 is 15.9 Å². The van der Waals surface area contributed by atoms with Gasteiger partial charge in [0.15, 0.2) is 0 Å². The van der Waals surface area contributed by atoms with Crippen molar-refractivity contribution < 1.29 is 0 Å². The Morgan fingerprint density at radius 3 is 2.67 bits per heavy atom. The summed E-state index contributed by atoms with van der Waals surface area (Å²) < 4.78 is 0.915. The van der Waals surface area contributed by atoms with E-state index in [1.165, 1.54) is 0 Å². The molecule has 0 bridgehead atoms. The fourth-order valence-electron chi connectivity index (χ4n) is 0.870. The third kappa shape index (κ3) is 2.05. The molecule has 0 saturated carbocycles. The van der Waals surface area contributed by atoms with Gasteiger partial charge in [-0.2, -0.15) is 5.26 Å². The molecular weight excluding hydrogens is 216 g/mol. The lowest BCUT2D eigenvalue weighted by Gasteiger charge is -2.04. The molecule has 1 aromatic rings. The van der Waals surface area contributed by atoms with Gasteiger partial charge in [0, 0.05) is 10.2 Å². The predicted molar refractivity (Wildman–Crippen MR) is 50.7 cm³/mol. The molecule has 0 unspecified atom stereocenters. The fraction of sp³-hybridized carbons (Fsp3) is 0.333. The second-order valence-electron chi connectivity index (χ2n) is 2.86. The summed E-state index contributed by atoms with van der Waals surface area (Å²) in [6.45, 7) is 4.10. The van der Waals surface area contributed by atoms with Crippen LogP contribution in [0.4, 0.5) is 0 Å². The number of nitriles is 1. The quantitative estimate of drug-likeness (QED) is 0.736. The molecule has 0 aliphatic rings. The highest BCUT2D eigenvalue weighted by atomic mass is 79.9. The van der Waals surface area contributed by atoms with Gasteiger partial charge in [-0.05, 0) is 18.1 Å². The summed E-state index contributed by atoms with van der Waals surface area (Å²) in [4.78, 5) is 4.16. The fourth-order valence-corrected chi connectivity index (χ4v) is 1.32. The Hall–Kier alpha value is -0.880. The van der Waals surface area contributed by atoms with Gasteiger partial charge in [-0.15, -0.1) is 0 Å². The van der Waals surface area contributed by atoms with Gasteiger partial charge in [-0.1, -0.05) is 29.8 Å². The average Bonchev–Trinajstić information content (AvgIpc) is 2.03. The molecule has 12 heavy (non-hydrogen) atoms. The normalized spacial score (nSPS) is 9.92. The van der Waals surface area contributed by atoms with Crippen LogP contribution in [0.25, 0.3) is 0 Å². The molecule has 0 amide bonds. The van der Waals surface area contributed by atoms with Gasteiger partial charge in [0.2, 0.25) is 0 Å². The molecule has 3 heteroatoms. The number of hydrogen-bond acceptors (Lipinski definition) is 2. The third-order valence-corrected chi connectivity index (χ3v) is 1.97. The number of halogens is 1. The number of nitrogens with zero attached hydrogens (tertiary/aromatic N) is 2. The first-order valence-electron chi connectivity index (χ1n) is 3.71. The van der Waals surface area contributed by atoms with E-state index in [9.17, 15) is 0 Å². The molecule has 0 N–H and O–H groups in total. The van der Waals surface area contributed by atoms with Crippen molar-refractivity contribution in [1.82, 2.24) is 4.98 Å². The van der Waals surface area contributed by atoms with E-state index in [1.54, 1.807) is 6.07 Å². The Labute approximate surface area is 80.4 Å². The maximum Gasteiger partial charge on any atom is 0.141 e. The van der Waals surface area contributed by atoms with Gasteiger partial charge in [0.05, 0.1) is 0 Å². The SMILES string of the molecule is CC(C)c1cc(Br)cc(C#N)n1. The summed E-state index contributed by atoms with van der Waals surface area (Å²) in [5, 5.41) is 8.63. The number of pyridine rings is 1. The van der Waals surface area contributed by atoms with Crippen LogP contribution in [0.2, 0.25) is 0 Å². The van der Waals surface area contributed by atoms with Crippen LogP contribution < -0.4 is 0 Å². The van der Waals surface area contributed by atoms with Crippen LogP contribution >= 0.6 is 15.9 Å². The monoisotopic (exact) mass is 224 g/mol. The topological polar surface area (TPSA) is 36.7 Å². The van der Waals surface area contributed by atoms with E-state index >= 15 is 0 Å². The van der Waals surface area contributed by atoms with Gasteiger partial charge < -0.3 is 0 Å². The van der Waals surface area contributed by atoms with Crippen LogP contribution in [-0.4, -0.2) is 4.98 Å². The van der Waals surface area contributed by atoms with Crippen molar-refractivity contribution in [3.05, 3.63) is 28.0 Å². The summed E-state index contributed by atoms with van der Waals surface area (Å²) in [6.07, 6.45) is 0. The lowest BCUT2D eigenvalue weighted by Crippen LogP contribution is -1.94. The van der Waals surface area contributed by atoms with E-state index in [2.05, 4.69) is 34.8 Å². The second-order valence-corrected chi connectivity index (χ2v) is 3.78. The first-order chi connectivity index (χ1) is 5.63. The molecule has 62 valence electrons. The Balaban J connectivity index is 3.17. The van der Waals surface area contributed by atoms with Gasteiger partial charge in [0.25, 0.3) is 0 Å². The zero-order valence-electron chi connectivity index (χ0n) is 7.00. The molecule has 0 radical (unpaired) electrons. The molecule has 1 rings (SSSR count). The summed E-state index contributed by atoms with van der Waals surface area (Å²) in [5.41, 5.74) is 1.41. The second kappa shape index (κ2) is 3.68. The minimum atomic E-state index is 0.356. The van der Waals surface area contributed by atoms with Gasteiger partial charge in [0.1, 0.15) is 11.8 Å². The Kier molecular flexibility index (Phi) is 2.83.